The first-order chi connectivity index (χ1) is 13.6. The maximum absolute atomic E-state index is 12.9. The zero-order valence-electron chi connectivity index (χ0n) is 16.8. The van der Waals surface area contributed by atoms with Gasteiger partial charge in [0.15, 0.2) is 0 Å². The van der Waals surface area contributed by atoms with Gasteiger partial charge in [0.2, 0.25) is 0 Å². The Morgan fingerprint density at radius 2 is 1.97 bits per heavy atom. The second-order valence-corrected chi connectivity index (χ2v) is 7.78. The first-order valence-corrected chi connectivity index (χ1v) is 9.14. The fourth-order valence-electron chi connectivity index (χ4n) is 3.19. The van der Waals surface area contributed by atoms with Gasteiger partial charge in [-0.25, -0.2) is 4.79 Å². The van der Waals surface area contributed by atoms with Crippen molar-refractivity contribution in [2.45, 2.75) is 39.3 Å². The second-order valence-electron chi connectivity index (χ2n) is 7.78. The average Bonchev–Trinajstić information content (AvgIpc) is 2.95. The summed E-state index contributed by atoms with van der Waals surface area (Å²) in [6.07, 6.45) is 0.0262. The molecule has 1 aromatic carbocycles. The normalized spacial score (nSPS) is 13.6. The number of hydrogen-bond acceptors (Lipinski definition) is 6. The van der Waals surface area contributed by atoms with Crippen LogP contribution in [0.15, 0.2) is 24.3 Å². The molecular weight excluding hydrogens is 378 g/mol. The van der Waals surface area contributed by atoms with Crippen LogP contribution in [0, 0.1) is 10.1 Å². The molecule has 0 atom stereocenters. The maximum Gasteiger partial charge on any atom is 0.410 e. The van der Waals surface area contributed by atoms with Crippen LogP contribution in [-0.2, 0) is 24.8 Å². The van der Waals surface area contributed by atoms with Crippen LogP contribution < -0.4 is 5.32 Å². The average molecular weight is 401 g/mol. The third kappa shape index (κ3) is 4.36. The van der Waals surface area contributed by atoms with Gasteiger partial charge in [0.25, 0.3) is 11.6 Å². The molecule has 29 heavy (non-hydrogen) atoms. The Labute approximate surface area is 167 Å². The van der Waals surface area contributed by atoms with Crippen molar-refractivity contribution in [2.24, 2.45) is 7.05 Å². The third-order valence-corrected chi connectivity index (χ3v) is 4.41. The van der Waals surface area contributed by atoms with Crippen molar-refractivity contribution >= 4 is 23.4 Å². The van der Waals surface area contributed by atoms with Gasteiger partial charge in [0, 0.05) is 31.6 Å². The molecule has 3 rings (SSSR count). The predicted octanol–water partition coefficient (Wildman–Crippen LogP) is 2.87. The fraction of sp³-hybridized carbons (Fsp3) is 0.421. The number of para-hydroxylation sites is 2. The Bertz CT molecular complexity index is 976. The molecule has 154 valence electrons. The summed E-state index contributed by atoms with van der Waals surface area (Å²) in [7, 11) is 1.63. The van der Waals surface area contributed by atoms with Gasteiger partial charge in [0.1, 0.15) is 17.0 Å². The van der Waals surface area contributed by atoms with E-state index in [1.165, 1.54) is 27.8 Å². The summed E-state index contributed by atoms with van der Waals surface area (Å²) in [6, 6.07) is 5.91. The van der Waals surface area contributed by atoms with Crippen molar-refractivity contribution in [2.75, 3.05) is 11.9 Å². The Balaban J connectivity index is 1.86. The fourth-order valence-corrected chi connectivity index (χ4v) is 3.19. The molecule has 0 aliphatic carbocycles. The molecule has 0 unspecified atom stereocenters. The van der Waals surface area contributed by atoms with Gasteiger partial charge < -0.3 is 15.0 Å². The van der Waals surface area contributed by atoms with Crippen molar-refractivity contribution < 1.29 is 19.2 Å². The number of rotatable bonds is 3. The van der Waals surface area contributed by atoms with Crippen molar-refractivity contribution in [3.05, 3.63) is 51.3 Å². The number of aryl methyl sites for hydroxylation is 1. The van der Waals surface area contributed by atoms with Crippen molar-refractivity contribution in [1.82, 2.24) is 14.7 Å². The van der Waals surface area contributed by atoms with Gasteiger partial charge in [-0.05, 0) is 26.8 Å². The number of carbonyl (C=O) groups excluding carboxylic acids is 2. The number of benzene rings is 1. The van der Waals surface area contributed by atoms with Crippen molar-refractivity contribution in [3.8, 4) is 0 Å². The summed E-state index contributed by atoms with van der Waals surface area (Å²) in [5.74, 6) is -0.526. The molecule has 1 aromatic heterocycles. The highest BCUT2D eigenvalue weighted by atomic mass is 16.6. The molecule has 0 saturated carbocycles. The lowest BCUT2D eigenvalue weighted by Gasteiger charge is -2.29. The molecule has 2 heterocycles. The molecule has 10 heteroatoms. The van der Waals surface area contributed by atoms with E-state index < -0.39 is 22.5 Å². The van der Waals surface area contributed by atoms with Gasteiger partial charge in [0.05, 0.1) is 17.2 Å². The number of hydrogen-bond donors (Lipinski definition) is 1. The number of anilines is 1. The first-order valence-electron chi connectivity index (χ1n) is 9.14. The lowest BCUT2D eigenvalue weighted by Crippen LogP contribution is -2.40. The van der Waals surface area contributed by atoms with Crippen LogP contribution in [-0.4, -0.2) is 43.7 Å². The minimum atomic E-state index is -0.626. The molecule has 2 aromatic rings. The molecular formula is C19H23N5O5. The Morgan fingerprint density at radius 3 is 2.62 bits per heavy atom. The van der Waals surface area contributed by atoms with E-state index >= 15 is 0 Å². The third-order valence-electron chi connectivity index (χ3n) is 4.41. The zero-order chi connectivity index (χ0) is 21.3. The summed E-state index contributed by atoms with van der Waals surface area (Å²) in [6.45, 7) is 5.98. The molecule has 1 aliphatic rings. The zero-order valence-corrected chi connectivity index (χ0v) is 16.8. The van der Waals surface area contributed by atoms with Crippen LogP contribution in [0.3, 0.4) is 0 Å². The highest BCUT2D eigenvalue weighted by Crippen LogP contribution is 2.27. The van der Waals surface area contributed by atoms with Crippen LogP contribution >= 0.6 is 0 Å². The number of nitrogens with zero attached hydrogens (tertiary/aromatic N) is 4. The number of amides is 2. The summed E-state index contributed by atoms with van der Waals surface area (Å²) in [4.78, 5) is 37.5. The topological polar surface area (TPSA) is 120 Å². The Morgan fingerprint density at radius 1 is 1.28 bits per heavy atom. The van der Waals surface area contributed by atoms with E-state index in [4.69, 9.17) is 4.74 Å². The molecule has 2 amide bonds. The van der Waals surface area contributed by atoms with Crippen LogP contribution in [0.2, 0.25) is 0 Å². The summed E-state index contributed by atoms with van der Waals surface area (Å²) >= 11 is 0. The first kappa shape index (κ1) is 20.3. The van der Waals surface area contributed by atoms with Crippen LogP contribution in [0.25, 0.3) is 0 Å². The maximum atomic E-state index is 12.9. The number of nitro groups is 1. The quantitative estimate of drug-likeness (QED) is 0.624. The standard InChI is InChI=1S/C19H23N5O5/c1-19(2,3)29-18(26)23-10-9-13-12(11-23)16(22(4)21-13)17(25)20-14-7-5-6-8-15(14)24(27)28/h5-8H,9-11H2,1-4H3,(H,20,25). The van der Waals surface area contributed by atoms with Gasteiger partial charge >= 0.3 is 6.09 Å². The molecule has 0 radical (unpaired) electrons. The summed E-state index contributed by atoms with van der Waals surface area (Å²) < 4.78 is 6.86. The Hall–Kier alpha value is -3.43. The molecule has 0 spiro atoms. The number of ether oxygens (including phenoxy) is 1. The number of nitrogens with one attached hydrogen (secondary N) is 1. The lowest BCUT2D eigenvalue weighted by molar-refractivity contribution is -0.383. The van der Waals surface area contributed by atoms with Gasteiger partial charge in [-0.3, -0.25) is 19.6 Å². The van der Waals surface area contributed by atoms with Crippen LogP contribution in [0.1, 0.15) is 42.5 Å². The van der Waals surface area contributed by atoms with E-state index in [1.807, 2.05) is 0 Å². The van der Waals surface area contributed by atoms with Crippen LogP contribution in [0.5, 0.6) is 0 Å². The van der Waals surface area contributed by atoms with E-state index in [-0.39, 0.29) is 23.6 Å². The van der Waals surface area contributed by atoms with E-state index in [2.05, 4.69) is 10.4 Å². The SMILES string of the molecule is Cn1nc2c(c1C(=O)Nc1ccccc1[N+](=O)[O-])CN(C(=O)OC(C)(C)C)CC2. The van der Waals surface area contributed by atoms with Crippen LogP contribution in [0.4, 0.5) is 16.2 Å². The van der Waals surface area contributed by atoms with Gasteiger partial charge in [-0.1, -0.05) is 12.1 Å². The minimum absolute atomic E-state index is 0.0947. The van der Waals surface area contributed by atoms with E-state index in [0.29, 0.717) is 18.5 Å². The Kier molecular flexibility index (Phi) is 5.27. The van der Waals surface area contributed by atoms with E-state index in [9.17, 15) is 19.7 Å². The molecule has 0 saturated heterocycles. The molecule has 0 bridgehead atoms. The van der Waals surface area contributed by atoms with E-state index in [0.717, 1.165) is 5.69 Å². The van der Waals surface area contributed by atoms with E-state index in [1.54, 1.807) is 33.9 Å². The number of carbonyl (C=O) groups is 2. The summed E-state index contributed by atoms with van der Waals surface area (Å²) in [5, 5.41) is 18.2. The second kappa shape index (κ2) is 7.53. The summed E-state index contributed by atoms with van der Waals surface area (Å²) in [5.41, 5.74) is 0.857. The highest BCUT2D eigenvalue weighted by Gasteiger charge is 2.32. The molecule has 1 N–H and O–H groups in total. The number of aromatic nitrogens is 2. The lowest BCUT2D eigenvalue weighted by atomic mass is 10.1. The van der Waals surface area contributed by atoms with Crippen molar-refractivity contribution in [1.29, 1.82) is 0 Å². The monoisotopic (exact) mass is 401 g/mol. The van der Waals surface area contributed by atoms with Crippen molar-refractivity contribution in [3.63, 3.8) is 0 Å². The molecule has 1 aliphatic heterocycles. The van der Waals surface area contributed by atoms with Gasteiger partial charge in [-0.15, -0.1) is 0 Å². The molecule has 0 fully saturated rings. The highest BCUT2D eigenvalue weighted by molar-refractivity contribution is 6.05. The minimum Gasteiger partial charge on any atom is -0.444 e. The largest absolute Gasteiger partial charge is 0.444 e. The number of fused-ring (bicyclic) bond motifs is 1. The smallest absolute Gasteiger partial charge is 0.410 e. The molecule has 10 nitrogen and oxygen atoms in total. The van der Waals surface area contributed by atoms with Gasteiger partial charge in [-0.2, -0.15) is 5.10 Å². The number of nitro benzene ring substituents is 1. The predicted molar refractivity (Wildman–Crippen MR) is 105 cm³/mol.